The molecule has 0 aliphatic carbocycles. The second-order valence-electron chi connectivity index (χ2n) is 6.87. The molecule has 0 atom stereocenters. The highest BCUT2D eigenvalue weighted by Crippen LogP contribution is 2.32. The molecule has 1 aliphatic heterocycles. The number of benzene rings is 2. The van der Waals surface area contributed by atoms with Gasteiger partial charge in [-0.05, 0) is 36.2 Å². The fourth-order valence-electron chi connectivity index (χ4n) is 2.83. The van der Waals surface area contributed by atoms with Crippen molar-refractivity contribution in [2.75, 3.05) is 26.4 Å². The maximum Gasteiger partial charge on any atom is 0.306 e. The Hall–Kier alpha value is -3.31. The monoisotopic (exact) mass is 464 g/mol. The van der Waals surface area contributed by atoms with Crippen LogP contribution in [0.25, 0.3) is 0 Å². The predicted molar refractivity (Wildman–Crippen MR) is 113 cm³/mol. The summed E-state index contributed by atoms with van der Waals surface area (Å²) in [5, 5.41) is 0. The molecule has 0 spiro atoms. The lowest BCUT2D eigenvalue weighted by Crippen LogP contribution is -2.25. The van der Waals surface area contributed by atoms with E-state index in [-0.39, 0.29) is 37.5 Å². The van der Waals surface area contributed by atoms with E-state index in [4.69, 9.17) is 24.7 Å². The Bertz CT molecular complexity index is 1070. The Labute approximate surface area is 185 Å². The average Bonchev–Trinajstić information content (AvgIpc) is 2.79. The van der Waals surface area contributed by atoms with Gasteiger partial charge in [-0.15, -0.1) is 0 Å². The second-order valence-corrected chi connectivity index (χ2v) is 8.64. The summed E-state index contributed by atoms with van der Waals surface area (Å²) in [7, 11) is -3.75. The van der Waals surface area contributed by atoms with E-state index in [0.29, 0.717) is 36.0 Å². The van der Waals surface area contributed by atoms with Crippen LogP contribution < -0.4 is 24.7 Å². The number of hydrogen-bond donors (Lipinski definition) is 2. The number of nitrogens with one attached hydrogen (secondary N) is 1. The zero-order valence-corrected chi connectivity index (χ0v) is 18.1. The molecule has 0 unspecified atom stereocenters. The molecule has 2 aromatic rings. The third-order valence-corrected chi connectivity index (χ3v) is 5.81. The van der Waals surface area contributed by atoms with Crippen molar-refractivity contribution in [2.24, 2.45) is 5.73 Å². The first-order valence-corrected chi connectivity index (χ1v) is 11.4. The molecular formula is C21H24N2O8S. The van der Waals surface area contributed by atoms with Crippen LogP contribution >= 0.6 is 0 Å². The molecule has 11 heteroatoms. The Balaban J connectivity index is 1.40. The van der Waals surface area contributed by atoms with E-state index in [0.717, 1.165) is 0 Å². The van der Waals surface area contributed by atoms with Crippen LogP contribution in [-0.2, 0) is 31.0 Å². The fraction of sp³-hybridized carbons (Fsp3) is 0.333. The van der Waals surface area contributed by atoms with Crippen molar-refractivity contribution in [2.45, 2.75) is 24.3 Å². The van der Waals surface area contributed by atoms with Crippen LogP contribution in [0, 0.1) is 0 Å². The third kappa shape index (κ3) is 6.86. The first-order valence-electron chi connectivity index (χ1n) is 9.88. The highest BCUT2D eigenvalue weighted by molar-refractivity contribution is 7.89. The molecule has 1 aliphatic rings. The zero-order chi connectivity index (χ0) is 23.0. The normalized spacial score (nSPS) is 12.8. The first kappa shape index (κ1) is 23.4. The highest BCUT2D eigenvalue weighted by atomic mass is 32.2. The maximum atomic E-state index is 12.4. The quantitative estimate of drug-likeness (QED) is 0.372. The molecule has 3 rings (SSSR count). The van der Waals surface area contributed by atoms with Crippen molar-refractivity contribution in [1.29, 1.82) is 0 Å². The van der Waals surface area contributed by atoms with Gasteiger partial charge < -0.3 is 24.7 Å². The summed E-state index contributed by atoms with van der Waals surface area (Å²) in [6.45, 7) is 0.627. The van der Waals surface area contributed by atoms with Crippen LogP contribution in [0.5, 0.6) is 17.2 Å². The SMILES string of the molecule is NC(=O)COc1cccc(COC(=O)CCCNS(=O)(=O)c2ccc3c(c2)OCCO3)c1. The van der Waals surface area contributed by atoms with Crippen molar-refractivity contribution in [3.63, 3.8) is 0 Å². The smallest absolute Gasteiger partial charge is 0.306 e. The average molecular weight is 464 g/mol. The number of esters is 1. The number of carbonyl (C=O) groups is 2. The summed E-state index contributed by atoms with van der Waals surface area (Å²) in [5.41, 5.74) is 5.72. The van der Waals surface area contributed by atoms with Gasteiger partial charge in [0.2, 0.25) is 10.0 Å². The summed E-state index contributed by atoms with van der Waals surface area (Å²) in [4.78, 5) is 22.8. The van der Waals surface area contributed by atoms with Crippen molar-refractivity contribution >= 4 is 21.9 Å². The van der Waals surface area contributed by atoms with Gasteiger partial charge in [0.05, 0.1) is 4.90 Å². The second kappa shape index (κ2) is 10.8. The van der Waals surface area contributed by atoms with Crippen LogP contribution in [0.15, 0.2) is 47.4 Å². The molecule has 32 heavy (non-hydrogen) atoms. The number of fused-ring (bicyclic) bond motifs is 1. The molecule has 0 bridgehead atoms. The topological polar surface area (TPSA) is 143 Å². The number of sulfonamides is 1. The van der Waals surface area contributed by atoms with Gasteiger partial charge in [-0.2, -0.15) is 0 Å². The zero-order valence-electron chi connectivity index (χ0n) is 17.2. The Morgan fingerprint density at radius 2 is 1.84 bits per heavy atom. The van der Waals surface area contributed by atoms with Crippen molar-refractivity contribution in [3.05, 3.63) is 48.0 Å². The van der Waals surface area contributed by atoms with Gasteiger partial charge in [0.25, 0.3) is 5.91 Å². The van der Waals surface area contributed by atoms with Crippen molar-refractivity contribution in [3.8, 4) is 17.2 Å². The van der Waals surface area contributed by atoms with Crippen LogP contribution in [0.4, 0.5) is 0 Å². The van der Waals surface area contributed by atoms with E-state index in [1.807, 2.05) is 0 Å². The van der Waals surface area contributed by atoms with E-state index < -0.39 is 21.9 Å². The molecular weight excluding hydrogens is 440 g/mol. The fourth-order valence-corrected chi connectivity index (χ4v) is 3.92. The molecule has 10 nitrogen and oxygen atoms in total. The van der Waals surface area contributed by atoms with Crippen molar-refractivity contribution < 1.29 is 37.0 Å². The lowest BCUT2D eigenvalue weighted by atomic mass is 10.2. The van der Waals surface area contributed by atoms with E-state index in [9.17, 15) is 18.0 Å². The summed E-state index contributed by atoms with van der Waals surface area (Å²) in [5.74, 6) is 0.263. The van der Waals surface area contributed by atoms with Crippen LogP contribution in [0.2, 0.25) is 0 Å². The molecule has 3 N–H and O–H groups in total. The van der Waals surface area contributed by atoms with Gasteiger partial charge in [-0.1, -0.05) is 12.1 Å². The maximum absolute atomic E-state index is 12.4. The van der Waals surface area contributed by atoms with Gasteiger partial charge in [-0.25, -0.2) is 13.1 Å². The predicted octanol–water partition coefficient (Wildman–Crippen LogP) is 1.12. The number of hydrogen-bond acceptors (Lipinski definition) is 8. The minimum atomic E-state index is -3.75. The number of rotatable bonds is 11. The molecule has 0 saturated carbocycles. The summed E-state index contributed by atoms with van der Waals surface area (Å²) in [6, 6.07) is 11.1. The molecule has 0 saturated heterocycles. The minimum Gasteiger partial charge on any atom is -0.486 e. The minimum absolute atomic E-state index is 0.0233. The Morgan fingerprint density at radius 1 is 1.06 bits per heavy atom. The molecule has 1 heterocycles. The summed E-state index contributed by atoms with van der Waals surface area (Å²) < 4.78 is 48.5. The largest absolute Gasteiger partial charge is 0.486 e. The first-order chi connectivity index (χ1) is 15.3. The molecule has 1 amide bonds. The number of amides is 1. The number of nitrogens with two attached hydrogens (primary N) is 1. The van der Waals surface area contributed by atoms with Crippen LogP contribution in [-0.4, -0.2) is 46.7 Å². The van der Waals surface area contributed by atoms with Crippen molar-refractivity contribution in [1.82, 2.24) is 4.72 Å². The number of carbonyl (C=O) groups excluding carboxylic acids is 2. The third-order valence-electron chi connectivity index (χ3n) is 4.35. The molecule has 2 aromatic carbocycles. The van der Waals surface area contributed by atoms with Gasteiger partial charge in [-0.3, -0.25) is 9.59 Å². The standard InChI is InChI=1S/C21H24N2O8S/c22-20(24)14-30-16-4-1-3-15(11-16)13-31-21(25)5-2-8-23-32(26,27)17-6-7-18-19(12-17)29-10-9-28-18/h1,3-4,6-7,11-12,23H,2,5,8-10,13-14H2,(H2,22,24). The lowest BCUT2D eigenvalue weighted by Gasteiger charge is -2.18. The Kier molecular flexibility index (Phi) is 7.90. The molecule has 172 valence electrons. The van der Waals surface area contributed by atoms with Gasteiger partial charge in [0.1, 0.15) is 25.6 Å². The van der Waals surface area contributed by atoms with Gasteiger partial charge >= 0.3 is 5.97 Å². The highest BCUT2D eigenvalue weighted by Gasteiger charge is 2.19. The van der Waals surface area contributed by atoms with E-state index in [2.05, 4.69) is 4.72 Å². The van der Waals surface area contributed by atoms with Gasteiger partial charge in [0, 0.05) is 19.0 Å². The molecule has 0 radical (unpaired) electrons. The number of primary amides is 1. The summed E-state index contributed by atoms with van der Waals surface area (Å²) >= 11 is 0. The molecule has 0 aromatic heterocycles. The lowest BCUT2D eigenvalue weighted by molar-refractivity contribution is -0.145. The van der Waals surface area contributed by atoms with Crippen LogP contribution in [0.3, 0.4) is 0 Å². The van der Waals surface area contributed by atoms with E-state index in [1.54, 1.807) is 30.3 Å². The van der Waals surface area contributed by atoms with Gasteiger partial charge in [0.15, 0.2) is 18.1 Å². The molecule has 0 fully saturated rings. The van der Waals surface area contributed by atoms with Crippen LogP contribution in [0.1, 0.15) is 18.4 Å². The number of ether oxygens (including phenoxy) is 4. The Morgan fingerprint density at radius 3 is 2.62 bits per heavy atom. The van der Waals surface area contributed by atoms with E-state index in [1.165, 1.54) is 12.1 Å². The van der Waals surface area contributed by atoms with E-state index >= 15 is 0 Å². The summed E-state index contributed by atoms with van der Waals surface area (Å²) in [6.07, 6.45) is 0.311.